The third-order valence-electron chi connectivity index (χ3n) is 8.13. The van der Waals surface area contributed by atoms with Crippen molar-refractivity contribution in [2.75, 3.05) is 44.6 Å². The summed E-state index contributed by atoms with van der Waals surface area (Å²) in [7, 11) is 15.6. The summed E-state index contributed by atoms with van der Waals surface area (Å²) in [6.07, 6.45) is 9.53. The molecule has 5 N–H and O–H groups in total. The normalized spacial score (nSPS) is 20.7. The second-order valence-electron chi connectivity index (χ2n) is 11.1. The fraction of sp³-hybridized carbons (Fsp3) is 0.567. The predicted octanol–water partition coefficient (Wildman–Crippen LogP) is 4.82. The molecule has 1 aliphatic heterocycles. The molecule has 0 amide bonds. The Labute approximate surface area is 232 Å². The lowest BCUT2D eigenvalue weighted by atomic mass is 9.63. The maximum atomic E-state index is 6.71. The number of fused-ring (bicyclic) bond motifs is 2. The van der Waals surface area contributed by atoms with Crippen LogP contribution in [0.25, 0.3) is 21.8 Å². The number of nitrogens with two attached hydrogens (primary N) is 2. The molecule has 2 aromatic carbocycles. The van der Waals surface area contributed by atoms with Gasteiger partial charge in [0.1, 0.15) is 7.28 Å². The van der Waals surface area contributed by atoms with Gasteiger partial charge in [0.05, 0.1) is 32.4 Å². The van der Waals surface area contributed by atoms with E-state index in [4.69, 9.17) is 32.1 Å². The Morgan fingerprint density at radius 2 is 1.24 bits per heavy atom. The molecule has 5 radical (unpaired) electrons. The Balaban J connectivity index is 1.19. The van der Waals surface area contributed by atoms with Crippen LogP contribution in [-0.4, -0.2) is 72.1 Å². The maximum absolute atomic E-state index is 6.71. The van der Waals surface area contributed by atoms with Crippen LogP contribution in [0.5, 0.6) is 0 Å². The van der Waals surface area contributed by atoms with Gasteiger partial charge in [-0.2, -0.15) is 0 Å². The summed E-state index contributed by atoms with van der Waals surface area (Å²) in [5.74, 6) is 0. The van der Waals surface area contributed by atoms with E-state index in [9.17, 15) is 0 Å². The van der Waals surface area contributed by atoms with Crippen molar-refractivity contribution in [1.82, 2.24) is 9.88 Å². The van der Waals surface area contributed by atoms with Crippen LogP contribution < -0.4 is 16.8 Å². The number of nitrogens with one attached hydrogen (secondary N) is 1. The van der Waals surface area contributed by atoms with Crippen LogP contribution in [0.2, 0.25) is 10.4 Å². The number of rotatable bonds is 18. The van der Waals surface area contributed by atoms with Crippen LogP contribution in [0.4, 0.5) is 5.69 Å². The minimum absolute atomic E-state index is 0.320. The van der Waals surface area contributed by atoms with E-state index in [0.29, 0.717) is 0 Å². The zero-order valence-corrected chi connectivity index (χ0v) is 23.0. The number of hydrogen-bond donors (Lipinski definition) is 3. The minimum Gasteiger partial charge on any atom is -0.384 e. The number of anilines is 1. The van der Waals surface area contributed by atoms with Crippen LogP contribution in [0.15, 0.2) is 48.5 Å². The quantitative estimate of drug-likeness (QED) is 0.131. The fourth-order valence-electron chi connectivity index (χ4n) is 5.70. The summed E-state index contributed by atoms with van der Waals surface area (Å²) in [5, 5.41) is 5.38. The van der Waals surface area contributed by atoms with E-state index in [1.165, 1.54) is 16.5 Å². The Hall–Kier alpha value is -2.02. The highest BCUT2D eigenvalue weighted by molar-refractivity contribution is 6.80. The van der Waals surface area contributed by atoms with Crippen molar-refractivity contribution in [3.05, 3.63) is 48.5 Å². The Kier molecular flexibility index (Phi) is 10.6. The lowest BCUT2D eigenvalue weighted by Crippen LogP contribution is -2.29. The molecule has 2 unspecified atom stereocenters. The molecular weight excluding hydrogens is 463 g/mol. The van der Waals surface area contributed by atoms with Crippen LogP contribution >= 0.6 is 0 Å². The van der Waals surface area contributed by atoms with Gasteiger partial charge in [-0.3, -0.25) is 0 Å². The smallest absolute Gasteiger partial charge is 0.102 e. The van der Waals surface area contributed by atoms with Crippen molar-refractivity contribution in [2.45, 2.75) is 68.2 Å². The number of aromatic nitrogens is 1. The lowest BCUT2D eigenvalue weighted by Gasteiger charge is -2.24. The third-order valence-corrected chi connectivity index (χ3v) is 8.13. The number of pyridine rings is 1. The first-order chi connectivity index (χ1) is 18.5. The molecule has 2 atom stereocenters. The van der Waals surface area contributed by atoms with Gasteiger partial charge in [0, 0.05) is 17.3 Å². The average molecular weight is 506 g/mol. The van der Waals surface area contributed by atoms with Crippen LogP contribution in [0.1, 0.15) is 57.8 Å². The van der Waals surface area contributed by atoms with E-state index in [-0.39, 0.29) is 10.4 Å². The minimum atomic E-state index is -0.330. The van der Waals surface area contributed by atoms with Gasteiger partial charge in [0.2, 0.25) is 0 Å². The van der Waals surface area contributed by atoms with Gasteiger partial charge in [-0.05, 0) is 77.0 Å². The molecule has 4 rings (SSSR count). The number of nitrogens with zero attached hydrogens (tertiary/aromatic N) is 2. The average Bonchev–Trinajstić information content (AvgIpc) is 3.48. The van der Waals surface area contributed by atoms with Crippen molar-refractivity contribution in [1.29, 1.82) is 0 Å². The summed E-state index contributed by atoms with van der Waals surface area (Å²) >= 11 is 0. The zero-order chi connectivity index (χ0) is 26.8. The first-order valence-electron chi connectivity index (χ1n) is 14.6. The van der Waals surface area contributed by atoms with Crippen molar-refractivity contribution < 1.29 is 0 Å². The highest BCUT2D eigenvalue weighted by atomic mass is 15.1. The van der Waals surface area contributed by atoms with Crippen LogP contribution in [0, 0.1) is 0 Å². The van der Waals surface area contributed by atoms with E-state index in [1.54, 1.807) is 0 Å². The molecule has 3 aromatic rings. The molecule has 8 heteroatoms. The molecule has 0 bridgehead atoms. The molecule has 197 valence electrons. The Morgan fingerprint density at radius 3 is 1.84 bits per heavy atom. The van der Waals surface area contributed by atoms with E-state index >= 15 is 0 Å². The zero-order valence-electron chi connectivity index (χ0n) is 23.0. The fourth-order valence-corrected chi connectivity index (χ4v) is 5.70. The first-order valence-corrected chi connectivity index (χ1v) is 14.6. The summed E-state index contributed by atoms with van der Waals surface area (Å²) in [6.45, 7) is 5.69. The molecular formula is C30H43B3N5. The second-order valence-corrected chi connectivity index (χ2v) is 11.1. The molecule has 1 fully saturated rings. The van der Waals surface area contributed by atoms with Gasteiger partial charge in [-0.15, -0.1) is 0 Å². The largest absolute Gasteiger partial charge is 0.384 e. The van der Waals surface area contributed by atoms with E-state index in [1.807, 2.05) is 12.1 Å². The molecule has 2 heterocycles. The molecule has 1 aromatic heterocycles. The van der Waals surface area contributed by atoms with Gasteiger partial charge in [-0.25, -0.2) is 4.98 Å². The van der Waals surface area contributed by atoms with Crippen molar-refractivity contribution in [3.63, 3.8) is 0 Å². The van der Waals surface area contributed by atoms with Crippen molar-refractivity contribution in [2.24, 2.45) is 11.5 Å². The topological polar surface area (TPSA) is 80.2 Å². The monoisotopic (exact) mass is 506 g/mol. The molecule has 0 aliphatic carbocycles. The van der Waals surface area contributed by atoms with Gasteiger partial charge in [0.15, 0.2) is 0 Å². The standard InChI is InChI=1S/C30H43B3N5/c31-29(30(32,33-29)17-6-9-21-38(23-11-19-35)22-10-7-18-34)16-5-8-20-36-28-24-12-1-3-14-26(24)37-27-15-4-2-13-25(27)28/h1-4,12-15H,5-11,16-23,34-35H2,(H,36,37). The molecule has 0 spiro atoms. The Bertz CT molecular complexity index is 1110. The number of hydrogen-bond acceptors (Lipinski definition) is 5. The lowest BCUT2D eigenvalue weighted by molar-refractivity contribution is 0.260. The van der Waals surface area contributed by atoms with Crippen LogP contribution in [0.3, 0.4) is 0 Å². The summed E-state index contributed by atoms with van der Waals surface area (Å²) in [5.41, 5.74) is 14.6. The van der Waals surface area contributed by atoms with E-state index < -0.39 is 0 Å². The van der Waals surface area contributed by atoms with E-state index in [2.05, 4.69) is 53.9 Å². The van der Waals surface area contributed by atoms with Gasteiger partial charge in [0.25, 0.3) is 0 Å². The summed E-state index contributed by atoms with van der Waals surface area (Å²) < 4.78 is 0. The molecule has 1 aliphatic rings. The Morgan fingerprint density at radius 1 is 0.711 bits per heavy atom. The van der Waals surface area contributed by atoms with Crippen molar-refractivity contribution in [3.8, 4) is 0 Å². The van der Waals surface area contributed by atoms with E-state index in [0.717, 1.165) is 108 Å². The van der Waals surface area contributed by atoms with Crippen LogP contribution in [-0.2, 0) is 0 Å². The number of para-hydroxylation sites is 2. The summed E-state index contributed by atoms with van der Waals surface area (Å²) in [6, 6.07) is 16.7. The second kappa shape index (κ2) is 13.9. The molecule has 38 heavy (non-hydrogen) atoms. The SMILES string of the molecule is [B]C1(CCCCNc2c3ccccc3nc3ccccc23)[B]C1([B])CCCCN(CCCN)CCCCN. The highest BCUT2D eigenvalue weighted by Gasteiger charge is 2.58. The third kappa shape index (κ3) is 7.34. The van der Waals surface area contributed by atoms with Crippen molar-refractivity contribution >= 4 is 50.5 Å². The molecule has 5 nitrogen and oxygen atoms in total. The molecule has 0 saturated carbocycles. The maximum Gasteiger partial charge on any atom is 0.102 e. The first kappa shape index (κ1) is 29.0. The van der Waals surface area contributed by atoms with Gasteiger partial charge >= 0.3 is 0 Å². The van der Waals surface area contributed by atoms with Gasteiger partial charge < -0.3 is 21.7 Å². The predicted molar refractivity (Wildman–Crippen MR) is 166 cm³/mol. The summed E-state index contributed by atoms with van der Waals surface area (Å²) in [4.78, 5) is 7.35. The number of benzene rings is 2. The van der Waals surface area contributed by atoms with Gasteiger partial charge in [-0.1, -0.05) is 72.5 Å². The molecule has 1 saturated heterocycles. The number of unbranched alkanes of at least 4 members (excludes halogenated alkanes) is 3. The highest BCUT2D eigenvalue weighted by Crippen LogP contribution is 2.69.